The monoisotopic (exact) mass is 206 g/mol. The van der Waals surface area contributed by atoms with Gasteiger partial charge in [-0.1, -0.05) is 6.07 Å². The van der Waals surface area contributed by atoms with Gasteiger partial charge in [-0.05, 0) is 11.6 Å². The molecule has 14 heavy (non-hydrogen) atoms. The van der Waals surface area contributed by atoms with E-state index in [1.807, 2.05) is 0 Å². The lowest BCUT2D eigenvalue weighted by Crippen LogP contribution is -2.28. The predicted octanol–water partition coefficient (Wildman–Crippen LogP) is 1.14. The molecule has 1 atom stereocenters. The Kier molecular flexibility index (Phi) is 3.07. The smallest absolute Gasteiger partial charge is 0.390 e. The van der Waals surface area contributed by atoms with Crippen molar-refractivity contribution in [3.05, 3.63) is 29.6 Å². The summed E-state index contributed by atoms with van der Waals surface area (Å²) in [6.07, 6.45) is -3.45. The zero-order chi connectivity index (χ0) is 10.8. The minimum absolute atomic E-state index is 0.116. The summed E-state index contributed by atoms with van der Waals surface area (Å²) in [5, 5.41) is 8.61. The van der Waals surface area contributed by atoms with Gasteiger partial charge < -0.3 is 10.8 Å². The first-order valence-corrected chi connectivity index (χ1v) is 3.83. The van der Waals surface area contributed by atoms with E-state index in [2.05, 4.69) is 4.98 Å². The van der Waals surface area contributed by atoms with E-state index in [4.69, 9.17) is 10.8 Å². The Hall–Kier alpha value is -1.14. The SMILES string of the molecule is N[C@H](c1ccc(CO)nc1)C(F)(F)F. The molecule has 0 saturated carbocycles. The third-order valence-corrected chi connectivity index (χ3v) is 1.72. The van der Waals surface area contributed by atoms with Gasteiger partial charge in [-0.3, -0.25) is 4.98 Å². The average Bonchev–Trinajstić information content (AvgIpc) is 2.15. The molecule has 6 heteroatoms. The van der Waals surface area contributed by atoms with Crippen LogP contribution in [0.5, 0.6) is 0 Å². The normalized spacial score (nSPS) is 14.1. The van der Waals surface area contributed by atoms with Crippen molar-refractivity contribution >= 4 is 0 Å². The summed E-state index contributed by atoms with van der Waals surface area (Å²) in [6.45, 7) is -0.304. The van der Waals surface area contributed by atoms with E-state index in [1.54, 1.807) is 0 Å². The molecule has 1 aromatic rings. The fourth-order valence-electron chi connectivity index (χ4n) is 0.902. The van der Waals surface area contributed by atoms with Gasteiger partial charge in [0, 0.05) is 6.20 Å². The van der Waals surface area contributed by atoms with Crippen molar-refractivity contribution in [2.75, 3.05) is 0 Å². The second-order valence-electron chi connectivity index (χ2n) is 2.76. The predicted molar refractivity (Wildman–Crippen MR) is 43.1 cm³/mol. The second-order valence-corrected chi connectivity index (χ2v) is 2.76. The van der Waals surface area contributed by atoms with Crippen LogP contribution in [-0.4, -0.2) is 16.3 Å². The molecule has 0 spiro atoms. The molecule has 0 aromatic carbocycles. The van der Waals surface area contributed by atoms with Gasteiger partial charge in [0.15, 0.2) is 0 Å². The van der Waals surface area contributed by atoms with Gasteiger partial charge in [0.2, 0.25) is 0 Å². The Morgan fingerprint density at radius 2 is 2.07 bits per heavy atom. The maximum Gasteiger partial charge on any atom is 0.407 e. The summed E-state index contributed by atoms with van der Waals surface area (Å²) in [6, 6.07) is 0.486. The highest BCUT2D eigenvalue weighted by Crippen LogP contribution is 2.29. The number of hydrogen-bond donors (Lipinski definition) is 2. The molecule has 0 saturated heterocycles. The fourth-order valence-corrected chi connectivity index (χ4v) is 0.902. The highest BCUT2D eigenvalue weighted by molar-refractivity contribution is 5.18. The number of nitrogens with two attached hydrogens (primary N) is 1. The van der Waals surface area contributed by atoms with E-state index < -0.39 is 12.2 Å². The summed E-state index contributed by atoms with van der Waals surface area (Å²) in [4.78, 5) is 3.60. The summed E-state index contributed by atoms with van der Waals surface area (Å²) in [5.41, 5.74) is 5.13. The Balaban J connectivity index is 2.87. The van der Waals surface area contributed by atoms with Crippen LogP contribution in [0, 0.1) is 0 Å². The van der Waals surface area contributed by atoms with Crippen LogP contribution in [0.2, 0.25) is 0 Å². The molecule has 0 unspecified atom stereocenters. The number of aliphatic hydroxyl groups is 1. The van der Waals surface area contributed by atoms with E-state index in [0.717, 1.165) is 6.20 Å². The van der Waals surface area contributed by atoms with E-state index in [-0.39, 0.29) is 12.2 Å². The Labute approximate surface area is 78.4 Å². The van der Waals surface area contributed by atoms with E-state index in [1.165, 1.54) is 12.1 Å². The summed E-state index contributed by atoms with van der Waals surface area (Å²) in [5.74, 6) is 0. The molecule has 0 aliphatic rings. The third kappa shape index (κ3) is 2.43. The number of halogens is 3. The Bertz CT molecular complexity index is 296. The van der Waals surface area contributed by atoms with Crippen molar-refractivity contribution < 1.29 is 18.3 Å². The minimum Gasteiger partial charge on any atom is -0.390 e. The molecule has 1 aromatic heterocycles. The first-order chi connectivity index (χ1) is 6.45. The number of aromatic nitrogens is 1. The van der Waals surface area contributed by atoms with Crippen molar-refractivity contribution in [1.29, 1.82) is 0 Å². The summed E-state index contributed by atoms with van der Waals surface area (Å²) >= 11 is 0. The van der Waals surface area contributed by atoms with Crippen LogP contribution in [0.3, 0.4) is 0 Å². The molecule has 78 valence electrons. The molecular formula is C8H9F3N2O. The molecule has 0 radical (unpaired) electrons. The first kappa shape index (κ1) is 10.9. The molecule has 1 rings (SSSR count). The van der Waals surface area contributed by atoms with Gasteiger partial charge in [-0.15, -0.1) is 0 Å². The van der Waals surface area contributed by atoms with Gasteiger partial charge >= 0.3 is 6.18 Å². The van der Waals surface area contributed by atoms with E-state index >= 15 is 0 Å². The molecule has 0 amide bonds. The molecule has 0 bridgehead atoms. The van der Waals surface area contributed by atoms with Crippen LogP contribution in [0.1, 0.15) is 17.3 Å². The molecule has 0 fully saturated rings. The standard InChI is InChI=1S/C8H9F3N2O/c9-8(10,11)7(12)5-1-2-6(4-14)13-3-5/h1-3,7,14H,4,12H2/t7-/m1/s1. The largest absolute Gasteiger partial charge is 0.407 e. The van der Waals surface area contributed by atoms with Crippen molar-refractivity contribution in [2.24, 2.45) is 5.73 Å². The lowest BCUT2D eigenvalue weighted by atomic mass is 10.1. The van der Waals surface area contributed by atoms with E-state index in [0.29, 0.717) is 5.69 Å². The van der Waals surface area contributed by atoms with Gasteiger partial charge in [-0.25, -0.2) is 0 Å². The van der Waals surface area contributed by atoms with Gasteiger partial charge in [0.25, 0.3) is 0 Å². The van der Waals surface area contributed by atoms with Crippen LogP contribution < -0.4 is 5.73 Å². The number of aliphatic hydroxyl groups excluding tert-OH is 1. The van der Waals surface area contributed by atoms with Crippen LogP contribution in [0.25, 0.3) is 0 Å². The number of hydrogen-bond acceptors (Lipinski definition) is 3. The topological polar surface area (TPSA) is 59.1 Å². The summed E-state index contributed by atoms with van der Waals surface area (Å²) < 4.78 is 36.3. The van der Waals surface area contributed by atoms with Crippen molar-refractivity contribution in [1.82, 2.24) is 4.98 Å². The molecular weight excluding hydrogens is 197 g/mol. The summed E-state index contributed by atoms with van der Waals surface area (Å²) in [7, 11) is 0. The molecule has 3 N–H and O–H groups in total. The lowest BCUT2D eigenvalue weighted by Gasteiger charge is -2.15. The van der Waals surface area contributed by atoms with Crippen molar-refractivity contribution in [3.8, 4) is 0 Å². The van der Waals surface area contributed by atoms with Crippen LogP contribution in [0.4, 0.5) is 13.2 Å². The molecule has 0 aliphatic heterocycles. The van der Waals surface area contributed by atoms with E-state index in [9.17, 15) is 13.2 Å². The zero-order valence-electron chi connectivity index (χ0n) is 7.12. The first-order valence-electron chi connectivity index (χ1n) is 3.83. The van der Waals surface area contributed by atoms with Gasteiger partial charge in [0.05, 0.1) is 12.3 Å². The quantitative estimate of drug-likeness (QED) is 0.762. The minimum atomic E-state index is -4.47. The highest BCUT2D eigenvalue weighted by atomic mass is 19.4. The Morgan fingerprint density at radius 1 is 1.43 bits per heavy atom. The van der Waals surface area contributed by atoms with Crippen molar-refractivity contribution in [2.45, 2.75) is 18.8 Å². The van der Waals surface area contributed by atoms with Crippen molar-refractivity contribution in [3.63, 3.8) is 0 Å². The van der Waals surface area contributed by atoms with Gasteiger partial charge in [0.1, 0.15) is 6.04 Å². The van der Waals surface area contributed by atoms with Crippen LogP contribution in [-0.2, 0) is 6.61 Å². The Morgan fingerprint density at radius 3 is 2.43 bits per heavy atom. The number of pyridine rings is 1. The zero-order valence-corrected chi connectivity index (χ0v) is 7.12. The molecule has 1 heterocycles. The number of alkyl halides is 3. The maximum absolute atomic E-state index is 12.1. The third-order valence-electron chi connectivity index (χ3n) is 1.72. The van der Waals surface area contributed by atoms with Gasteiger partial charge in [-0.2, -0.15) is 13.2 Å². The molecule has 3 nitrogen and oxygen atoms in total. The highest BCUT2D eigenvalue weighted by Gasteiger charge is 2.37. The van der Waals surface area contributed by atoms with Crippen LogP contribution in [0.15, 0.2) is 18.3 Å². The second kappa shape index (κ2) is 3.93. The molecule has 0 aliphatic carbocycles. The lowest BCUT2D eigenvalue weighted by molar-refractivity contribution is -0.149. The number of nitrogens with zero attached hydrogens (tertiary/aromatic N) is 1. The maximum atomic E-state index is 12.1. The van der Waals surface area contributed by atoms with Crippen LogP contribution >= 0.6 is 0 Å². The fraction of sp³-hybridized carbons (Fsp3) is 0.375. The number of rotatable bonds is 2. The average molecular weight is 206 g/mol.